The van der Waals surface area contributed by atoms with Gasteiger partial charge in [-0.1, -0.05) is 53.7 Å². The van der Waals surface area contributed by atoms with Gasteiger partial charge in [-0.25, -0.2) is 4.79 Å². The highest BCUT2D eigenvalue weighted by atomic mass is 35.5. The quantitative estimate of drug-likeness (QED) is 0.541. The predicted molar refractivity (Wildman–Crippen MR) is 118 cm³/mol. The van der Waals surface area contributed by atoms with Crippen molar-refractivity contribution in [1.29, 1.82) is 0 Å². The van der Waals surface area contributed by atoms with Crippen molar-refractivity contribution < 1.29 is 9.59 Å². The molecule has 0 spiro atoms. The van der Waals surface area contributed by atoms with Gasteiger partial charge in [-0.05, 0) is 43.7 Å². The number of halogens is 1. The second kappa shape index (κ2) is 10.3. The molecule has 9 heteroatoms. The number of nitrogens with zero attached hydrogens (tertiary/aromatic N) is 3. The van der Waals surface area contributed by atoms with Gasteiger partial charge in [0.05, 0.1) is 5.75 Å². The van der Waals surface area contributed by atoms with E-state index in [0.717, 1.165) is 17.1 Å². The molecule has 0 unspecified atom stereocenters. The highest BCUT2D eigenvalue weighted by Crippen LogP contribution is 2.24. The summed E-state index contributed by atoms with van der Waals surface area (Å²) < 4.78 is 1.90. The lowest BCUT2D eigenvalue weighted by Crippen LogP contribution is -2.43. The Kier molecular flexibility index (Phi) is 7.48. The molecule has 3 aromatic rings. The van der Waals surface area contributed by atoms with E-state index in [2.05, 4.69) is 20.8 Å². The molecule has 3 amide bonds. The maximum Gasteiger partial charge on any atom is 0.321 e. The number of rotatable bonds is 7. The van der Waals surface area contributed by atoms with Crippen molar-refractivity contribution in [2.24, 2.45) is 0 Å². The third-order valence-electron chi connectivity index (χ3n) is 4.00. The van der Waals surface area contributed by atoms with Gasteiger partial charge >= 0.3 is 6.03 Å². The smallest absolute Gasteiger partial charge is 0.321 e. The van der Waals surface area contributed by atoms with Crippen LogP contribution < -0.4 is 10.6 Å². The van der Waals surface area contributed by atoms with Crippen LogP contribution in [0.5, 0.6) is 0 Å². The molecular weight excluding hydrogens is 422 g/mol. The number of urea groups is 1. The summed E-state index contributed by atoms with van der Waals surface area (Å²) in [4.78, 5) is 23.8. The minimum Gasteiger partial charge on any atom is -0.336 e. The SMILES string of the molecule is CC(C)NC(=O)NC(=O)CSc1nnc(Cc2ccccc2)n1-c1ccc(Cl)cc1. The van der Waals surface area contributed by atoms with Gasteiger partial charge in [0.1, 0.15) is 5.82 Å². The van der Waals surface area contributed by atoms with Gasteiger partial charge in [-0.3, -0.25) is 14.7 Å². The summed E-state index contributed by atoms with van der Waals surface area (Å²) >= 11 is 7.24. The molecule has 0 saturated carbocycles. The zero-order valence-electron chi connectivity index (χ0n) is 16.6. The van der Waals surface area contributed by atoms with Crippen LogP contribution in [0.2, 0.25) is 5.02 Å². The number of amides is 3. The van der Waals surface area contributed by atoms with Crippen LogP contribution in [-0.4, -0.2) is 38.5 Å². The fourth-order valence-corrected chi connectivity index (χ4v) is 3.62. The maximum atomic E-state index is 12.1. The second-order valence-corrected chi connectivity index (χ2v) is 8.22. The van der Waals surface area contributed by atoms with E-state index >= 15 is 0 Å². The van der Waals surface area contributed by atoms with E-state index in [1.165, 1.54) is 11.8 Å². The summed E-state index contributed by atoms with van der Waals surface area (Å²) in [6, 6.07) is 16.7. The number of imide groups is 1. The van der Waals surface area contributed by atoms with Gasteiger partial charge in [-0.2, -0.15) is 0 Å². The van der Waals surface area contributed by atoms with Crippen LogP contribution >= 0.6 is 23.4 Å². The van der Waals surface area contributed by atoms with E-state index in [1.807, 2.05) is 60.9 Å². The number of benzene rings is 2. The standard InChI is InChI=1S/C21H22ClN5O2S/c1-14(2)23-20(29)24-19(28)13-30-21-26-25-18(12-15-6-4-3-5-7-15)27(21)17-10-8-16(22)9-11-17/h3-11,14H,12-13H2,1-2H3,(H2,23,24,28,29). The van der Waals surface area contributed by atoms with Crippen LogP contribution in [0.1, 0.15) is 25.2 Å². The van der Waals surface area contributed by atoms with Gasteiger partial charge in [0.15, 0.2) is 5.16 Å². The van der Waals surface area contributed by atoms with Crippen molar-refractivity contribution >= 4 is 35.3 Å². The van der Waals surface area contributed by atoms with Crippen LogP contribution in [-0.2, 0) is 11.2 Å². The summed E-state index contributed by atoms with van der Waals surface area (Å²) in [6.45, 7) is 3.64. The summed E-state index contributed by atoms with van der Waals surface area (Å²) in [6.07, 6.45) is 0.583. The topological polar surface area (TPSA) is 88.9 Å². The van der Waals surface area contributed by atoms with Gasteiger partial charge in [-0.15, -0.1) is 10.2 Å². The molecule has 7 nitrogen and oxygen atoms in total. The zero-order valence-corrected chi connectivity index (χ0v) is 18.2. The Labute approximate surface area is 184 Å². The lowest BCUT2D eigenvalue weighted by atomic mass is 10.1. The van der Waals surface area contributed by atoms with Crippen LogP contribution in [0, 0.1) is 0 Å². The average Bonchev–Trinajstić information content (AvgIpc) is 3.09. The lowest BCUT2D eigenvalue weighted by molar-refractivity contribution is -0.117. The Hall–Kier alpha value is -2.84. The van der Waals surface area contributed by atoms with E-state index in [9.17, 15) is 9.59 Å². The fraction of sp³-hybridized carbons (Fsp3) is 0.238. The Morgan fingerprint density at radius 3 is 2.43 bits per heavy atom. The van der Waals surface area contributed by atoms with E-state index in [1.54, 1.807) is 12.1 Å². The minimum absolute atomic E-state index is 0.0303. The Bertz CT molecular complexity index is 1010. The molecule has 0 atom stereocenters. The molecule has 0 saturated heterocycles. The molecule has 0 radical (unpaired) electrons. The molecule has 0 bridgehead atoms. The molecule has 2 N–H and O–H groups in total. The molecule has 1 heterocycles. The van der Waals surface area contributed by atoms with Gasteiger partial charge in [0.25, 0.3) is 0 Å². The van der Waals surface area contributed by atoms with Crippen molar-refractivity contribution in [2.45, 2.75) is 31.5 Å². The summed E-state index contributed by atoms with van der Waals surface area (Å²) in [5, 5.41) is 14.7. The van der Waals surface area contributed by atoms with Gasteiger partial charge < -0.3 is 5.32 Å². The first-order valence-corrected chi connectivity index (χ1v) is 10.8. The number of aromatic nitrogens is 3. The normalized spacial score (nSPS) is 10.8. The van der Waals surface area contributed by atoms with E-state index in [-0.39, 0.29) is 11.8 Å². The number of carbonyl (C=O) groups excluding carboxylic acids is 2. The molecule has 3 rings (SSSR count). The third-order valence-corrected chi connectivity index (χ3v) is 5.18. The summed E-state index contributed by atoms with van der Waals surface area (Å²) in [5.41, 5.74) is 1.94. The fourth-order valence-electron chi connectivity index (χ4n) is 2.73. The van der Waals surface area contributed by atoms with Crippen molar-refractivity contribution in [3.8, 4) is 5.69 Å². The molecule has 2 aromatic carbocycles. The Morgan fingerprint density at radius 2 is 1.77 bits per heavy atom. The van der Waals surface area contributed by atoms with E-state index in [0.29, 0.717) is 16.6 Å². The largest absolute Gasteiger partial charge is 0.336 e. The highest BCUT2D eigenvalue weighted by Gasteiger charge is 2.17. The third kappa shape index (κ3) is 6.08. The molecular formula is C21H22ClN5O2S. The molecule has 0 aliphatic heterocycles. The van der Waals surface area contributed by atoms with E-state index < -0.39 is 11.9 Å². The lowest BCUT2D eigenvalue weighted by Gasteiger charge is -2.11. The van der Waals surface area contributed by atoms with Crippen molar-refractivity contribution in [3.63, 3.8) is 0 Å². The molecule has 0 fully saturated rings. The van der Waals surface area contributed by atoms with Crippen molar-refractivity contribution in [1.82, 2.24) is 25.4 Å². The van der Waals surface area contributed by atoms with Gasteiger partial charge in [0, 0.05) is 23.2 Å². The van der Waals surface area contributed by atoms with Crippen molar-refractivity contribution in [3.05, 3.63) is 71.0 Å². The van der Waals surface area contributed by atoms with Crippen LogP contribution in [0.25, 0.3) is 5.69 Å². The van der Waals surface area contributed by atoms with Crippen LogP contribution in [0.4, 0.5) is 4.79 Å². The van der Waals surface area contributed by atoms with Crippen LogP contribution in [0.3, 0.4) is 0 Å². The first kappa shape index (κ1) is 21.9. The predicted octanol–water partition coefficient (Wildman–Crippen LogP) is 3.84. The number of thioether (sulfide) groups is 1. The first-order chi connectivity index (χ1) is 14.4. The average molecular weight is 444 g/mol. The van der Waals surface area contributed by atoms with E-state index in [4.69, 9.17) is 11.6 Å². The number of hydrogen-bond acceptors (Lipinski definition) is 5. The summed E-state index contributed by atoms with van der Waals surface area (Å²) in [7, 11) is 0. The highest BCUT2D eigenvalue weighted by molar-refractivity contribution is 7.99. The number of hydrogen-bond donors (Lipinski definition) is 2. The van der Waals surface area contributed by atoms with Crippen molar-refractivity contribution in [2.75, 3.05) is 5.75 Å². The monoisotopic (exact) mass is 443 g/mol. The Balaban J connectivity index is 1.79. The molecule has 156 valence electrons. The summed E-state index contributed by atoms with van der Waals surface area (Å²) in [5.74, 6) is 0.361. The number of carbonyl (C=O) groups is 2. The first-order valence-electron chi connectivity index (χ1n) is 9.39. The molecule has 0 aliphatic rings. The minimum atomic E-state index is -0.514. The number of nitrogens with one attached hydrogen (secondary N) is 2. The van der Waals surface area contributed by atoms with Crippen LogP contribution in [0.15, 0.2) is 59.8 Å². The molecule has 30 heavy (non-hydrogen) atoms. The molecule has 0 aliphatic carbocycles. The molecule has 1 aromatic heterocycles. The maximum absolute atomic E-state index is 12.1. The zero-order chi connectivity index (χ0) is 21.5. The second-order valence-electron chi connectivity index (χ2n) is 6.84. The Morgan fingerprint density at radius 1 is 1.07 bits per heavy atom. The van der Waals surface area contributed by atoms with Gasteiger partial charge in [0.2, 0.25) is 5.91 Å².